The summed E-state index contributed by atoms with van der Waals surface area (Å²) in [6, 6.07) is 26.9. The van der Waals surface area contributed by atoms with Crippen molar-refractivity contribution in [2.75, 3.05) is 12.0 Å². The largest absolute Gasteiger partial charge is 0.497 e. The second-order valence-electron chi connectivity index (χ2n) is 7.98. The van der Waals surface area contributed by atoms with Gasteiger partial charge in [0, 0.05) is 5.56 Å². The molecule has 6 rings (SSSR count). The topological polar surface area (TPSA) is 42.6 Å². The summed E-state index contributed by atoms with van der Waals surface area (Å²) < 4.78 is 7.37. The summed E-state index contributed by atoms with van der Waals surface area (Å²) in [5.74, 6) is 2.63. The van der Waals surface area contributed by atoms with Gasteiger partial charge in [0.15, 0.2) is 5.82 Å². The number of fused-ring (bicyclic) bond motifs is 4. The summed E-state index contributed by atoms with van der Waals surface area (Å²) in [4.78, 5) is 7.43. The molecule has 0 aliphatic carbocycles. The lowest BCUT2D eigenvalue weighted by molar-refractivity contribution is 0.414. The molecule has 0 N–H and O–H groups in total. The van der Waals surface area contributed by atoms with Gasteiger partial charge in [-0.2, -0.15) is 5.10 Å². The molecule has 2 aliphatic heterocycles. The van der Waals surface area contributed by atoms with Gasteiger partial charge in [0.1, 0.15) is 11.6 Å². The number of aliphatic imine (C=N–C) groups is 1. The van der Waals surface area contributed by atoms with Crippen molar-refractivity contribution in [2.45, 2.75) is 13.0 Å². The van der Waals surface area contributed by atoms with Crippen LogP contribution in [0.25, 0.3) is 11.8 Å². The lowest BCUT2D eigenvalue weighted by Gasteiger charge is -2.39. The van der Waals surface area contributed by atoms with Crippen molar-refractivity contribution in [1.29, 1.82) is 0 Å². The maximum Gasteiger partial charge on any atom is 0.163 e. The Kier molecular flexibility index (Phi) is 4.21. The zero-order valence-corrected chi connectivity index (χ0v) is 17.9. The molecule has 4 aromatic rings. The number of methoxy groups -OCH3 is 1. The number of amidine groups is 1. The molecule has 1 atom stereocenters. The van der Waals surface area contributed by atoms with E-state index in [9.17, 15) is 0 Å². The highest BCUT2D eigenvalue weighted by molar-refractivity contribution is 6.14. The fourth-order valence-corrected chi connectivity index (χ4v) is 4.62. The van der Waals surface area contributed by atoms with Gasteiger partial charge in [-0.05, 0) is 60.5 Å². The van der Waals surface area contributed by atoms with Gasteiger partial charge in [-0.15, -0.1) is 0 Å². The zero-order chi connectivity index (χ0) is 21.7. The van der Waals surface area contributed by atoms with Crippen molar-refractivity contribution in [1.82, 2.24) is 9.78 Å². The summed E-state index contributed by atoms with van der Waals surface area (Å²) in [6.07, 6.45) is 4.23. The van der Waals surface area contributed by atoms with Crippen LogP contribution < -0.4 is 9.64 Å². The van der Waals surface area contributed by atoms with E-state index in [2.05, 4.69) is 72.5 Å². The number of ether oxygens (including phenoxy) is 1. The standard InChI is InChI=1S/C27H22N4O/c1-18-25-26(20-12-15-22(32-2)16-13-20)30-23-11-7-6-8-19(23)14-17-24(30)28-27(25)31(29-18)21-9-4-3-5-10-21/h3-17,26H,1-2H3. The molecule has 1 unspecified atom stereocenters. The van der Waals surface area contributed by atoms with Crippen molar-refractivity contribution >= 4 is 23.4 Å². The minimum atomic E-state index is -0.0491. The van der Waals surface area contributed by atoms with Crippen LogP contribution >= 0.6 is 0 Å². The van der Waals surface area contributed by atoms with Crippen LogP contribution in [0.15, 0.2) is 89.9 Å². The predicted molar refractivity (Wildman–Crippen MR) is 128 cm³/mol. The van der Waals surface area contributed by atoms with Crippen LogP contribution in [0.5, 0.6) is 5.75 Å². The number of rotatable bonds is 3. The Hall–Kier alpha value is -4.12. The summed E-state index contributed by atoms with van der Waals surface area (Å²) in [5, 5.41) is 4.92. The van der Waals surface area contributed by atoms with E-state index >= 15 is 0 Å². The summed E-state index contributed by atoms with van der Waals surface area (Å²) >= 11 is 0. The fraction of sp³-hybridized carbons (Fsp3) is 0.111. The summed E-state index contributed by atoms with van der Waals surface area (Å²) in [7, 11) is 1.69. The maximum atomic E-state index is 5.41. The van der Waals surface area contributed by atoms with Crippen LogP contribution in [0.4, 0.5) is 11.5 Å². The molecule has 3 heterocycles. The Bertz CT molecular complexity index is 1370. The molecule has 0 radical (unpaired) electrons. The first-order chi connectivity index (χ1) is 15.7. The monoisotopic (exact) mass is 418 g/mol. The number of nitrogens with zero attached hydrogens (tertiary/aromatic N) is 4. The molecule has 3 aromatic carbocycles. The Morgan fingerprint density at radius 1 is 0.844 bits per heavy atom. The molecule has 0 saturated heterocycles. The molecule has 1 aromatic heterocycles. The summed E-state index contributed by atoms with van der Waals surface area (Å²) in [6.45, 7) is 2.07. The number of benzene rings is 3. The van der Waals surface area contributed by atoms with Crippen molar-refractivity contribution < 1.29 is 4.74 Å². The van der Waals surface area contributed by atoms with Gasteiger partial charge in [0.2, 0.25) is 0 Å². The van der Waals surface area contributed by atoms with Crippen LogP contribution in [0.1, 0.15) is 28.4 Å². The minimum Gasteiger partial charge on any atom is -0.497 e. The quantitative estimate of drug-likeness (QED) is 0.419. The van der Waals surface area contributed by atoms with Crippen molar-refractivity contribution in [3.05, 3.63) is 107 Å². The van der Waals surface area contributed by atoms with Gasteiger partial charge in [0.05, 0.1) is 30.2 Å². The number of hydrogen-bond donors (Lipinski definition) is 0. The first-order valence-corrected chi connectivity index (χ1v) is 10.7. The third kappa shape index (κ3) is 2.78. The van der Waals surface area contributed by atoms with E-state index in [0.29, 0.717) is 0 Å². The number of aryl methyl sites for hydroxylation is 1. The molecule has 0 fully saturated rings. The Labute approximate surface area is 186 Å². The Morgan fingerprint density at radius 2 is 1.59 bits per heavy atom. The SMILES string of the molecule is COc1ccc(C2c3c(C)nn(-c4ccccc4)c3N=C3C=Cc4ccccc4N32)cc1. The molecule has 5 heteroatoms. The van der Waals surface area contributed by atoms with Crippen molar-refractivity contribution in [2.24, 2.45) is 4.99 Å². The highest BCUT2D eigenvalue weighted by Crippen LogP contribution is 2.46. The molecule has 0 amide bonds. The van der Waals surface area contributed by atoms with Gasteiger partial charge >= 0.3 is 0 Å². The third-order valence-corrected chi connectivity index (χ3v) is 6.12. The van der Waals surface area contributed by atoms with Crippen LogP contribution in [0, 0.1) is 6.92 Å². The number of hydrogen-bond acceptors (Lipinski definition) is 4. The van der Waals surface area contributed by atoms with E-state index in [1.807, 2.05) is 35.0 Å². The molecule has 0 saturated carbocycles. The first kappa shape index (κ1) is 18.6. The first-order valence-electron chi connectivity index (χ1n) is 10.7. The number of aromatic nitrogens is 2. The van der Waals surface area contributed by atoms with E-state index in [1.165, 1.54) is 11.1 Å². The van der Waals surface area contributed by atoms with E-state index in [1.54, 1.807) is 7.11 Å². The number of anilines is 1. The van der Waals surface area contributed by atoms with E-state index in [0.717, 1.165) is 40.0 Å². The summed E-state index contributed by atoms with van der Waals surface area (Å²) in [5.41, 5.74) is 6.59. The highest BCUT2D eigenvalue weighted by atomic mass is 16.5. The lowest BCUT2D eigenvalue weighted by atomic mass is 9.92. The van der Waals surface area contributed by atoms with Crippen molar-refractivity contribution in [3.63, 3.8) is 0 Å². The zero-order valence-electron chi connectivity index (χ0n) is 17.9. The van der Waals surface area contributed by atoms with Gasteiger partial charge in [-0.1, -0.05) is 48.5 Å². The van der Waals surface area contributed by atoms with E-state index < -0.39 is 0 Å². The molecule has 5 nitrogen and oxygen atoms in total. The van der Waals surface area contributed by atoms with Crippen LogP contribution in [0.3, 0.4) is 0 Å². The van der Waals surface area contributed by atoms with Crippen LogP contribution in [0.2, 0.25) is 0 Å². The normalized spacial score (nSPS) is 16.1. The molecular weight excluding hydrogens is 396 g/mol. The van der Waals surface area contributed by atoms with Gasteiger partial charge in [0.25, 0.3) is 0 Å². The van der Waals surface area contributed by atoms with Gasteiger partial charge in [-0.25, -0.2) is 9.67 Å². The Balaban J connectivity index is 1.62. The smallest absolute Gasteiger partial charge is 0.163 e. The van der Waals surface area contributed by atoms with E-state index in [-0.39, 0.29) is 6.04 Å². The molecule has 156 valence electrons. The fourth-order valence-electron chi connectivity index (χ4n) is 4.62. The lowest BCUT2D eigenvalue weighted by Crippen LogP contribution is -2.38. The molecule has 2 aliphatic rings. The van der Waals surface area contributed by atoms with Crippen molar-refractivity contribution in [3.8, 4) is 11.4 Å². The molecule has 0 bridgehead atoms. The highest BCUT2D eigenvalue weighted by Gasteiger charge is 2.38. The minimum absolute atomic E-state index is 0.0491. The second kappa shape index (κ2) is 7.24. The van der Waals surface area contributed by atoms with Gasteiger partial charge < -0.3 is 9.64 Å². The molecular formula is C27H22N4O. The second-order valence-corrected chi connectivity index (χ2v) is 7.98. The average molecular weight is 419 g/mol. The van der Waals surface area contributed by atoms with Gasteiger partial charge in [-0.3, -0.25) is 0 Å². The molecule has 32 heavy (non-hydrogen) atoms. The third-order valence-electron chi connectivity index (χ3n) is 6.12. The predicted octanol–water partition coefficient (Wildman–Crippen LogP) is 5.86. The Morgan fingerprint density at radius 3 is 2.38 bits per heavy atom. The molecule has 0 spiro atoms. The van der Waals surface area contributed by atoms with Crippen LogP contribution in [-0.4, -0.2) is 22.7 Å². The number of para-hydroxylation sites is 2. The van der Waals surface area contributed by atoms with E-state index in [4.69, 9.17) is 14.8 Å². The van der Waals surface area contributed by atoms with Crippen LogP contribution in [-0.2, 0) is 0 Å². The average Bonchev–Trinajstić information content (AvgIpc) is 3.19. The maximum absolute atomic E-state index is 5.41.